The fraction of sp³-hybridized carbons (Fsp3) is 0.419. The number of esters is 1. The number of phenols is 1. The van der Waals surface area contributed by atoms with E-state index in [0.717, 1.165) is 66.4 Å². The molecule has 292 valence electrons. The number of aromatic nitrogens is 2. The van der Waals surface area contributed by atoms with Gasteiger partial charge in [0.05, 0.1) is 17.5 Å². The van der Waals surface area contributed by atoms with E-state index in [0.29, 0.717) is 42.3 Å². The Morgan fingerprint density at radius 1 is 1.12 bits per heavy atom. The van der Waals surface area contributed by atoms with E-state index in [4.69, 9.17) is 34.3 Å². The monoisotopic (exact) mass is 761 g/mol. The number of aromatic hydroxyl groups is 1. The molecule has 1 unspecified atom stereocenters. The summed E-state index contributed by atoms with van der Waals surface area (Å²) < 4.78 is 24.0. The number of unbranched alkanes of at least 4 members (excludes halogenated alkanes) is 2. The van der Waals surface area contributed by atoms with Crippen LogP contribution in [0.4, 0.5) is 11.6 Å². The fourth-order valence-electron chi connectivity index (χ4n) is 7.91. The van der Waals surface area contributed by atoms with Gasteiger partial charge in [-0.05, 0) is 82.9 Å². The number of anilines is 2. The Bertz CT molecular complexity index is 2380. The molecule has 1 saturated heterocycles. The summed E-state index contributed by atoms with van der Waals surface area (Å²) in [5, 5.41) is 14.7. The molecular weight excluding hydrogens is 713 g/mol. The molecule has 4 aromatic rings. The summed E-state index contributed by atoms with van der Waals surface area (Å²) in [7, 11) is 0. The van der Waals surface area contributed by atoms with Gasteiger partial charge in [-0.2, -0.15) is 0 Å². The molecule has 4 atom stereocenters. The molecule has 0 saturated carbocycles. The van der Waals surface area contributed by atoms with Gasteiger partial charge in [0.2, 0.25) is 0 Å². The largest absolute Gasteiger partial charge is 0.507 e. The Labute approximate surface area is 325 Å². The van der Waals surface area contributed by atoms with Crippen LogP contribution in [0.2, 0.25) is 0 Å². The van der Waals surface area contributed by atoms with Gasteiger partial charge in [-0.25, -0.2) is 14.8 Å². The first kappa shape index (κ1) is 37.4. The first-order valence-electron chi connectivity index (χ1n) is 19.5. The molecule has 8 rings (SSSR count). The minimum atomic E-state index is -1.15. The Morgan fingerprint density at radius 3 is 2.77 bits per heavy atom. The van der Waals surface area contributed by atoms with Crippen molar-refractivity contribution in [3.63, 3.8) is 0 Å². The van der Waals surface area contributed by atoms with Crippen molar-refractivity contribution in [3.05, 3.63) is 92.7 Å². The van der Waals surface area contributed by atoms with Crippen LogP contribution >= 0.6 is 0 Å². The minimum Gasteiger partial charge on any atom is -0.507 e. The Hall–Kier alpha value is -5.53. The molecular formula is C43H49N6O7+. The van der Waals surface area contributed by atoms with Crippen LogP contribution in [0, 0.1) is 6.92 Å². The number of rotatable bonds is 13. The average Bonchev–Trinajstić information content (AvgIpc) is 3.38. The van der Waals surface area contributed by atoms with E-state index >= 15 is 0 Å². The predicted molar refractivity (Wildman–Crippen MR) is 213 cm³/mol. The first-order chi connectivity index (χ1) is 26.8. The van der Waals surface area contributed by atoms with Gasteiger partial charge in [0.15, 0.2) is 11.0 Å². The van der Waals surface area contributed by atoms with Gasteiger partial charge in [-0.3, -0.25) is 14.7 Å². The van der Waals surface area contributed by atoms with Gasteiger partial charge < -0.3 is 34.8 Å². The number of hydrogen-bond acceptors (Lipinski definition) is 12. The van der Waals surface area contributed by atoms with Crippen molar-refractivity contribution in [2.45, 2.75) is 103 Å². The fourth-order valence-corrected chi connectivity index (χ4v) is 7.91. The number of phenolic OH excluding ortho intramolecular Hbond substituents is 1. The maximum Gasteiger partial charge on any atom is 0.341 e. The highest BCUT2D eigenvalue weighted by molar-refractivity contribution is 5.87. The van der Waals surface area contributed by atoms with E-state index < -0.39 is 23.3 Å². The maximum absolute atomic E-state index is 13.7. The van der Waals surface area contributed by atoms with Crippen molar-refractivity contribution in [3.8, 4) is 22.8 Å². The second kappa shape index (κ2) is 14.5. The summed E-state index contributed by atoms with van der Waals surface area (Å²) in [5.74, 6) is 1.28. The molecule has 4 aliphatic heterocycles. The molecule has 1 aromatic carbocycles. The van der Waals surface area contributed by atoms with E-state index in [1.54, 1.807) is 19.9 Å². The highest BCUT2D eigenvalue weighted by atomic mass is 16.7. The molecule has 13 heteroatoms. The molecule has 0 radical (unpaired) electrons. The summed E-state index contributed by atoms with van der Waals surface area (Å²) in [6, 6.07) is 11.0. The predicted octanol–water partition coefficient (Wildman–Crippen LogP) is 5.11. The van der Waals surface area contributed by atoms with Crippen molar-refractivity contribution < 1.29 is 33.4 Å². The number of pyridine rings is 2. The van der Waals surface area contributed by atoms with Gasteiger partial charge in [0.1, 0.15) is 76.6 Å². The van der Waals surface area contributed by atoms with Crippen molar-refractivity contribution in [2.24, 2.45) is 4.99 Å². The summed E-state index contributed by atoms with van der Waals surface area (Å²) in [5.41, 5.74) is 10.5. The number of allylic oxidation sites excluding steroid dienone is 1. The third-order valence-electron chi connectivity index (χ3n) is 11.2. The lowest BCUT2D eigenvalue weighted by molar-refractivity contribution is -0.852. The number of quaternary nitrogens is 1. The third kappa shape index (κ3) is 7.40. The smallest absolute Gasteiger partial charge is 0.341 e. The number of nitrogens with two attached hydrogens (primary N) is 1. The number of nitrogens with zero attached hydrogens (tertiary/aromatic N) is 3. The number of carbonyl (C=O) groups excluding carboxylic acids is 1. The second-order valence-electron chi connectivity index (χ2n) is 16.0. The van der Waals surface area contributed by atoms with Crippen molar-refractivity contribution in [1.82, 2.24) is 9.97 Å². The van der Waals surface area contributed by atoms with Crippen LogP contribution in [0.15, 0.2) is 74.1 Å². The molecule has 1 fully saturated rings. The van der Waals surface area contributed by atoms with E-state index in [9.17, 15) is 14.7 Å². The van der Waals surface area contributed by atoms with Crippen molar-refractivity contribution in [2.75, 3.05) is 24.1 Å². The Morgan fingerprint density at radius 2 is 1.96 bits per heavy atom. The Balaban J connectivity index is 0.948. The van der Waals surface area contributed by atoms with Crippen LogP contribution in [0.3, 0.4) is 0 Å². The molecule has 0 bridgehead atoms. The van der Waals surface area contributed by atoms with Crippen LogP contribution < -0.4 is 26.1 Å². The first-order valence-corrected chi connectivity index (χ1v) is 19.5. The normalized spacial score (nSPS) is 22.9. The van der Waals surface area contributed by atoms with E-state index in [-0.39, 0.29) is 34.7 Å². The third-order valence-corrected chi connectivity index (χ3v) is 11.2. The van der Waals surface area contributed by atoms with Crippen LogP contribution in [0.25, 0.3) is 22.2 Å². The van der Waals surface area contributed by atoms with Gasteiger partial charge in [-0.15, -0.1) is 0 Å². The molecule has 3 aromatic heterocycles. The van der Waals surface area contributed by atoms with Crippen LogP contribution in [0.5, 0.6) is 11.5 Å². The lowest BCUT2D eigenvalue weighted by Crippen LogP contribution is -3.04. The zero-order valence-corrected chi connectivity index (χ0v) is 32.5. The number of fused-ring (bicyclic) bond motifs is 3. The van der Waals surface area contributed by atoms with Gasteiger partial charge in [0, 0.05) is 48.0 Å². The minimum absolute atomic E-state index is 0.0700. The van der Waals surface area contributed by atoms with Crippen molar-refractivity contribution >= 4 is 34.8 Å². The maximum atomic E-state index is 13.7. The highest BCUT2D eigenvalue weighted by Gasteiger charge is 2.60. The summed E-state index contributed by atoms with van der Waals surface area (Å²) in [6.45, 7) is 11.7. The van der Waals surface area contributed by atoms with Gasteiger partial charge in [0.25, 0.3) is 0 Å². The summed E-state index contributed by atoms with van der Waals surface area (Å²) in [4.78, 5) is 41.8. The molecule has 4 aliphatic rings. The molecule has 0 amide bonds. The second-order valence-corrected chi connectivity index (χ2v) is 16.0. The van der Waals surface area contributed by atoms with E-state index in [2.05, 4.69) is 35.6 Å². The number of epoxide rings is 1. The molecule has 0 spiro atoms. The van der Waals surface area contributed by atoms with Crippen LogP contribution in [0.1, 0.15) is 76.0 Å². The van der Waals surface area contributed by atoms with Crippen LogP contribution in [-0.4, -0.2) is 63.8 Å². The average molecular weight is 762 g/mol. The van der Waals surface area contributed by atoms with Crippen LogP contribution in [-0.2, 0) is 33.7 Å². The zero-order valence-electron chi connectivity index (χ0n) is 32.5. The number of carbonyl (C=O) groups is 1. The van der Waals surface area contributed by atoms with E-state index in [1.165, 1.54) is 16.5 Å². The summed E-state index contributed by atoms with van der Waals surface area (Å²) >= 11 is 0. The number of hydrogen-bond donors (Lipinski definition) is 4. The quantitative estimate of drug-likeness (QED) is 0.0808. The zero-order chi connectivity index (χ0) is 39.4. The van der Waals surface area contributed by atoms with Gasteiger partial charge in [-0.1, -0.05) is 19.8 Å². The number of aryl methyl sites for hydroxylation is 2. The highest BCUT2D eigenvalue weighted by Crippen LogP contribution is 2.45. The molecule has 13 nitrogen and oxygen atoms in total. The lowest BCUT2D eigenvalue weighted by Gasteiger charge is -2.39. The number of nitrogens with one attached hydrogen (secondary N) is 2. The Kier molecular flexibility index (Phi) is 9.70. The molecule has 0 aliphatic carbocycles. The lowest BCUT2D eigenvalue weighted by atomic mass is 9.89. The van der Waals surface area contributed by atoms with E-state index in [1.807, 2.05) is 38.3 Å². The number of ether oxygens (including phenoxy) is 3. The van der Waals surface area contributed by atoms with Crippen molar-refractivity contribution in [1.29, 1.82) is 0 Å². The number of aliphatic imine (C=N–C) groups is 1. The van der Waals surface area contributed by atoms with Gasteiger partial charge >= 0.3 is 5.97 Å². The standard InChI is InChI=1S/C43H48N6O7/c1-6-7-8-12-46-38-18-27(17-28(47-38)22-49-21-26-11-13-45-31(26)23-49)30-15-25(16-37(44)48-30)9-10-35-43(5,56-35)41(52)54-36-19-29-33(55-42(36,3)4)20-34-39(40(29)51)32(50)14-24(2)53-34/h11,13-18,20,23,35-36,51H,6-10,12,19,21-22H2,1-5H3,(H2,44,48)(H,46,47)/p+1/t35-,36-,43-/m1/s1. The topological polar surface area (TPSA) is 179 Å². The molecule has 56 heavy (non-hydrogen) atoms. The summed E-state index contributed by atoms with van der Waals surface area (Å²) in [6.07, 6.45) is 9.62. The molecule has 5 N–H and O–H groups in total. The molecule has 7 heterocycles. The number of benzene rings is 1. The number of nitrogen functional groups attached to an aromatic ring is 1. The SMILES string of the molecule is CCCCCNc1cc(-c2cc(CC[C@H]3O[C@@]3(C)C(=O)O[C@@H]3Cc4c(cc5oc(C)cc(=O)c5c4O)OC3(C)C)cc(N)n2)cc(C[NH+]2C=C3N=CC=C3C2)n1.